The molecule has 0 saturated carbocycles. The summed E-state index contributed by atoms with van der Waals surface area (Å²) in [5.41, 5.74) is 11.4. The fourth-order valence-electron chi connectivity index (χ4n) is 11.4. The standard InChI is InChI=1S/C11H12O.5C10H11NO.4C9H10N2O/c1-8(2)11-7-9-5-3-4-6-10(9)12-11;1-7(2)10-5-8-6-11-4-3-9(8)12-10;1-7(2)9-5-8-3-4-11-6-10(8)12-9;1-7(2)10-6-8-9(12-10)4-3-5-11-8;1-7(2)9-6-8-4-3-5-11-10(8)12-9;1-7(2)10-11-8-5-3-4-6-9(8)12-10;1-6(2)8-3-7-4-10-5-11-9(7)12-8;1-6(2)8-5-7-9(12-8)11-4-3-10-7;1-6(2)8-5-7-3-4-10-11-9(7)12-8;1-6(2)8-11-7-4-3-5-10-9(7)12-8/h3-8H,1-2H3;5*3-7H,1-2H3;4*3-6H,1-2H3. The van der Waals surface area contributed by atoms with Crippen LogP contribution in [0.5, 0.6) is 0 Å². The molecule has 20 rings (SSSR count). The van der Waals surface area contributed by atoms with E-state index in [0.717, 1.165) is 140 Å². The van der Waals surface area contributed by atoms with E-state index in [9.17, 15) is 0 Å². The maximum absolute atomic E-state index is 5.63. The third-order valence-electron chi connectivity index (χ3n) is 18.4. The van der Waals surface area contributed by atoms with Crippen LogP contribution in [0.4, 0.5) is 0 Å². The van der Waals surface area contributed by atoms with Gasteiger partial charge in [-0.15, -0.1) is 5.10 Å². The van der Waals surface area contributed by atoms with Crippen LogP contribution in [0.2, 0.25) is 0 Å². The van der Waals surface area contributed by atoms with Gasteiger partial charge in [0.05, 0.1) is 17.8 Å². The molecule has 18 aromatic heterocycles. The van der Waals surface area contributed by atoms with Crippen molar-refractivity contribution in [3.8, 4) is 0 Å². The van der Waals surface area contributed by atoms with E-state index in [2.05, 4.69) is 208 Å². The van der Waals surface area contributed by atoms with Crippen LogP contribution in [0.15, 0.2) is 270 Å². The molecule has 23 nitrogen and oxygen atoms in total. The molecule has 0 unspecified atom stereocenters. The number of hydrogen-bond acceptors (Lipinski definition) is 23. The van der Waals surface area contributed by atoms with Crippen molar-refractivity contribution in [2.75, 3.05) is 0 Å². The molecule has 18 heterocycles. The van der Waals surface area contributed by atoms with Crippen molar-refractivity contribution >= 4 is 111 Å². The first kappa shape index (κ1) is 87.5. The number of oxazole rings is 2. The van der Waals surface area contributed by atoms with Crippen molar-refractivity contribution in [2.45, 2.75) is 198 Å². The summed E-state index contributed by atoms with van der Waals surface area (Å²) >= 11 is 0. The molecule has 20 aromatic rings. The van der Waals surface area contributed by atoms with Crippen LogP contribution < -0.4 is 0 Å². The Labute approximate surface area is 698 Å². The molecule has 0 saturated heterocycles. The van der Waals surface area contributed by atoms with Crippen LogP contribution in [0.1, 0.15) is 256 Å². The molecule has 0 bridgehead atoms. The molecule has 0 radical (unpaired) electrons. The summed E-state index contributed by atoms with van der Waals surface area (Å²) < 4.78 is 55.2. The highest BCUT2D eigenvalue weighted by molar-refractivity contribution is 5.80. The normalized spacial score (nSPS) is 11.2. The highest BCUT2D eigenvalue weighted by Gasteiger charge is 2.15. The predicted molar refractivity (Wildman–Crippen MR) is 474 cm³/mol. The van der Waals surface area contributed by atoms with Gasteiger partial charge in [0, 0.05) is 154 Å². The fraction of sp³-hybridized carbons (Fsp3) is 0.309. The lowest BCUT2D eigenvalue weighted by Crippen LogP contribution is -1.84. The van der Waals surface area contributed by atoms with Crippen molar-refractivity contribution < 1.29 is 44.2 Å². The van der Waals surface area contributed by atoms with Crippen LogP contribution in [0, 0.1) is 0 Å². The Kier molecular flexibility index (Phi) is 30.4. The van der Waals surface area contributed by atoms with Crippen LogP contribution in [-0.2, 0) is 0 Å². The van der Waals surface area contributed by atoms with Gasteiger partial charge in [0.2, 0.25) is 28.6 Å². The predicted octanol–water partition coefficient (Wildman–Crippen LogP) is 27.7. The van der Waals surface area contributed by atoms with E-state index in [1.165, 1.54) is 11.7 Å². The largest absolute Gasteiger partial charge is 0.461 e. The van der Waals surface area contributed by atoms with Gasteiger partial charge < -0.3 is 44.2 Å². The Morgan fingerprint density at radius 1 is 0.217 bits per heavy atom. The van der Waals surface area contributed by atoms with E-state index in [1.54, 1.807) is 62.0 Å². The maximum atomic E-state index is 5.63. The van der Waals surface area contributed by atoms with Crippen molar-refractivity contribution in [3.05, 3.63) is 284 Å². The Bertz CT molecular complexity index is 4870. The summed E-state index contributed by atoms with van der Waals surface area (Å²) in [6.45, 7) is 41.9. The minimum atomic E-state index is 0.319. The van der Waals surface area contributed by atoms with Crippen molar-refractivity contribution in [2.24, 2.45) is 0 Å². The summed E-state index contributed by atoms with van der Waals surface area (Å²) in [7, 11) is 0. The molecule has 0 spiro atoms. The molecule has 0 atom stereocenters. The smallest absolute Gasteiger partial charge is 0.246 e. The first-order valence-electron chi connectivity index (χ1n) is 40.7. The van der Waals surface area contributed by atoms with Gasteiger partial charge in [-0.1, -0.05) is 169 Å². The molecule has 0 fully saturated rings. The molecule has 2 aromatic carbocycles. The molecular weight excluding hydrogens is 1510 g/mol. The Hall–Kier alpha value is -13.3. The summed E-state index contributed by atoms with van der Waals surface area (Å²) in [5, 5.41) is 14.1. The van der Waals surface area contributed by atoms with E-state index >= 15 is 0 Å². The lowest BCUT2D eigenvalue weighted by atomic mass is 10.1. The molecule has 120 heavy (non-hydrogen) atoms. The second-order valence-electron chi connectivity index (χ2n) is 31.6. The first-order valence-corrected chi connectivity index (χ1v) is 40.7. The number of pyridine rings is 5. The van der Waals surface area contributed by atoms with Gasteiger partial charge in [-0.05, 0) is 109 Å². The highest BCUT2D eigenvalue weighted by Crippen LogP contribution is 2.31. The van der Waals surface area contributed by atoms with Crippen LogP contribution >= 0.6 is 0 Å². The summed E-state index contributed by atoms with van der Waals surface area (Å²) in [6, 6.07) is 49.4. The Morgan fingerprint density at radius 2 is 0.600 bits per heavy atom. The van der Waals surface area contributed by atoms with Gasteiger partial charge in [0.15, 0.2) is 28.5 Å². The number of benzene rings is 2. The third-order valence-corrected chi connectivity index (χ3v) is 18.4. The van der Waals surface area contributed by atoms with E-state index in [-0.39, 0.29) is 0 Å². The number of nitrogens with zero attached hydrogens (tertiary/aromatic N) is 13. The van der Waals surface area contributed by atoms with E-state index < -0.39 is 0 Å². The second-order valence-corrected chi connectivity index (χ2v) is 31.6. The van der Waals surface area contributed by atoms with Crippen molar-refractivity contribution in [1.82, 2.24) is 65.0 Å². The number of rotatable bonds is 10. The third kappa shape index (κ3) is 24.0. The monoisotopic (exact) mass is 1610 g/mol. The molecule has 0 amide bonds. The van der Waals surface area contributed by atoms with Crippen LogP contribution in [-0.4, -0.2) is 65.0 Å². The number of furan rings is 8. The summed E-state index contributed by atoms with van der Waals surface area (Å²) in [6.07, 6.45) is 20.6. The van der Waals surface area contributed by atoms with Gasteiger partial charge in [-0.3, -0.25) is 15.0 Å². The molecule has 620 valence electrons. The molecule has 0 aliphatic carbocycles. The minimum absolute atomic E-state index is 0.319. The van der Waals surface area contributed by atoms with Gasteiger partial charge in [-0.2, -0.15) is 5.10 Å². The van der Waals surface area contributed by atoms with E-state index in [4.69, 9.17) is 44.2 Å². The molecule has 0 aliphatic heterocycles. The minimum Gasteiger partial charge on any atom is -0.461 e. The molecule has 23 heteroatoms. The van der Waals surface area contributed by atoms with E-state index in [1.807, 2.05) is 154 Å². The zero-order valence-electron chi connectivity index (χ0n) is 72.0. The average Bonchev–Trinajstić information content (AvgIpc) is 1.78. The van der Waals surface area contributed by atoms with E-state index in [0.29, 0.717) is 82.0 Å². The molecule has 0 aliphatic rings. The zero-order valence-corrected chi connectivity index (χ0v) is 72.0. The van der Waals surface area contributed by atoms with Gasteiger partial charge in [-0.25, -0.2) is 39.9 Å². The highest BCUT2D eigenvalue weighted by atomic mass is 16.4. The van der Waals surface area contributed by atoms with Gasteiger partial charge in [0.25, 0.3) is 0 Å². The second kappa shape index (κ2) is 41.7. The number of aromatic nitrogens is 13. The fourth-order valence-corrected chi connectivity index (χ4v) is 11.4. The molecule has 0 N–H and O–H groups in total. The average molecular weight is 1620 g/mol. The van der Waals surface area contributed by atoms with Crippen molar-refractivity contribution in [3.63, 3.8) is 0 Å². The maximum Gasteiger partial charge on any atom is 0.246 e. The van der Waals surface area contributed by atoms with Gasteiger partial charge in [0.1, 0.15) is 85.6 Å². The lowest BCUT2D eigenvalue weighted by Gasteiger charge is -1.95. The number of para-hydroxylation sites is 3. The Balaban J connectivity index is 0.000000130. The number of hydrogen-bond donors (Lipinski definition) is 0. The zero-order chi connectivity index (χ0) is 85.5. The summed E-state index contributed by atoms with van der Waals surface area (Å²) in [4.78, 5) is 45.1. The Morgan fingerprint density at radius 3 is 1.18 bits per heavy atom. The SMILES string of the molecule is CC(C)c1cc2ccccc2o1.CC(C)c1cc2cccnc2o1.CC(C)c1cc2ccncc2o1.CC(C)c1cc2ccnnc2o1.CC(C)c1cc2cnccc2o1.CC(C)c1cc2cncnc2o1.CC(C)c1cc2ncccc2o1.CC(C)c1cc2nccnc2o1.CC(C)c1nc2ccccc2o1.CC(C)c1nc2cccnc2o1. The molecular formula is C97H107N13O10. The lowest BCUT2D eigenvalue weighted by molar-refractivity contribution is 0.494. The van der Waals surface area contributed by atoms with Crippen LogP contribution in [0.25, 0.3) is 111 Å². The summed E-state index contributed by atoms with van der Waals surface area (Å²) in [5.74, 6) is 13.6. The topological polar surface area (TPSA) is 299 Å². The number of fused-ring (bicyclic) bond motifs is 10. The van der Waals surface area contributed by atoms with Crippen molar-refractivity contribution in [1.29, 1.82) is 0 Å². The van der Waals surface area contributed by atoms with Gasteiger partial charge >= 0.3 is 0 Å². The van der Waals surface area contributed by atoms with Crippen LogP contribution in [0.3, 0.4) is 0 Å². The first-order chi connectivity index (χ1) is 57.7. The quantitative estimate of drug-likeness (QED) is 0.123.